The molecule has 0 fully saturated rings. The van der Waals surface area contributed by atoms with Gasteiger partial charge in [0.15, 0.2) is 4.34 Å². The van der Waals surface area contributed by atoms with Gasteiger partial charge in [-0.3, -0.25) is 0 Å². The Bertz CT molecular complexity index is 287. The van der Waals surface area contributed by atoms with Crippen LogP contribution in [-0.2, 0) is 0 Å². The smallest absolute Gasteiger partial charge is 0.208 e. The molecule has 0 aliphatic heterocycles. The van der Waals surface area contributed by atoms with Crippen LogP contribution in [0.1, 0.15) is 13.3 Å². The summed E-state index contributed by atoms with van der Waals surface area (Å²) >= 11 is 3.43. The van der Waals surface area contributed by atoms with Gasteiger partial charge in [0.05, 0.1) is 0 Å². The summed E-state index contributed by atoms with van der Waals surface area (Å²) in [4.78, 5) is 1.98. The average Bonchev–Trinajstić information content (AvgIpc) is 2.66. The number of aromatic nitrogens is 2. The molecule has 1 atom stereocenters. The van der Waals surface area contributed by atoms with Gasteiger partial charge in [0.1, 0.15) is 0 Å². The number of anilines is 1. The van der Waals surface area contributed by atoms with Gasteiger partial charge in [0.25, 0.3) is 0 Å². The minimum atomic E-state index is 0.568. The van der Waals surface area contributed by atoms with Gasteiger partial charge in [0, 0.05) is 25.9 Å². The number of hydrogen-bond donors (Lipinski definition) is 1. The molecule has 0 spiro atoms. The van der Waals surface area contributed by atoms with E-state index in [2.05, 4.69) is 22.4 Å². The van der Waals surface area contributed by atoms with E-state index in [0.717, 1.165) is 21.6 Å². The molecule has 0 bridgehead atoms. The maximum atomic E-state index is 4.13. The lowest BCUT2D eigenvalue weighted by Gasteiger charge is -2.07. The minimum Gasteiger partial charge on any atom is -0.353 e. The Labute approximate surface area is 99.5 Å². The molecule has 1 rings (SSSR count). The summed E-state index contributed by atoms with van der Waals surface area (Å²) < 4.78 is 1.06. The number of nitrogens with zero attached hydrogens (tertiary/aromatic N) is 3. The van der Waals surface area contributed by atoms with Gasteiger partial charge in [-0.2, -0.15) is 0 Å². The van der Waals surface area contributed by atoms with E-state index in [1.54, 1.807) is 23.1 Å². The van der Waals surface area contributed by atoms with Crippen molar-refractivity contribution >= 4 is 28.2 Å². The van der Waals surface area contributed by atoms with Crippen LogP contribution in [0.4, 0.5) is 5.13 Å². The summed E-state index contributed by atoms with van der Waals surface area (Å²) in [5.74, 6) is 1.09. The monoisotopic (exact) mass is 246 g/mol. The molecule has 1 heterocycles. The zero-order chi connectivity index (χ0) is 11.3. The first-order valence-electron chi connectivity index (χ1n) is 4.94. The summed E-state index contributed by atoms with van der Waals surface area (Å²) in [6.07, 6.45) is 1.15. The van der Waals surface area contributed by atoms with E-state index in [1.807, 2.05) is 26.0 Å². The molecule has 1 aromatic heterocycles. The van der Waals surface area contributed by atoms with Gasteiger partial charge in [0.2, 0.25) is 5.13 Å². The molecule has 15 heavy (non-hydrogen) atoms. The van der Waals surface area contributed by atoms with Crippen molar-refractivity contribution in [2.75, 3.05) is 31.8 Å². The second-order valence-corrected chi connectivity index (χ2v) is 5.87. The number of hydrogen-bond acceptors (Lipinski definition) is 6. The largest absolute Gasteiger partial charge is 0.353 e. The lowest BCUT2D eigenvalue weighted by Crippen LogP contribution is -2.21. The summed E-state index contributed by atoms with van der Waals surface area (Å²) in [6, 6.07) is 0.568. The summed E-state index contributed by atoms with van der Waals surface area (Å²) in [5, 5.41) is 12.4. The fourth-order valence-corrected chi connectivity index (χ4v) is 2.86. The quantitative estimate of drug-likeness (QED) is 0.774. The molecule has 0 aliphatic rings. The Kier molecular flexibility index (Phi) is 5.35. The van der Waals surface area contributed by atoms with E-state index < -0.39 is 0 Å². The van der Waals surface area contributed by atoms with E-state index in [4.69, 9.17) is 0 Å². The predicted molar refractivity (Wildman–Crippen MR) is 68.1 cm³/mol. The number of rotatable bonds is 6. The fraction of sp³-hybridized carbons (Fsp3) is 0.778. The minimum absolute atomic E-state index is 0.568. The standard InChI is InChI=1S/C9H18N4S2/c1-7(10-2)5-6-14-9-12-11-8(15-9)13(3)4/h7,10H,5-6H2,1-4H3. The van der Waals surface area contributed by atoms with Gasteiger partial charge in [-0.15, -0.1) is 10.2 Å². The van der Waals surface area contributed by atoms with Gasteiger partial charge < -0.3 is 10.2 Å². The van der Waals surface area contributed by atoms with Crippen LogP contribution in [-0.4, -0.2) is 43.1 Å². The Hall–Kier alpha value is -0.330. The molecule has 1 N–H and O–H groups in total. The zero-order valence-electron chi connectivity index (χ0n) is 9.65. The van der Waals surface area contributed by atoms with Gasteiger partial charge in [-0.05, 0) is 20.4 Å². The highest BCUT2D eigenvalue weighted by molar-refractivity contribution is 8.01. The Morgan fingerprint density at radius 3 is 2.73 bits per heavy atom. The molecule has 0 saturated carbocycles. The second-order valence-electron chi connectivity index (χ2n) is 3.57. The molecule has 0 radical (unpaired) electrons. The first-order valence-corrected chi connectivity index (χ1v) is 6.74. The normalized spacial score (nSPS) is 12.8. The molecule has 0 aromatic carbocycles. The van der Waals surface area contributed by atoms with E-state index >= 15 is 0 Å². The number of nitrogens with one attached hydrogen (secondary N) is 1. The third-order valence-corrected chi connectivity index (χ3v) is 4.31. The van der Waals surface area contributed by atoms with Gasteiger partial charge >= 0.3 is 0 Å². The first-order chi connectivity index (χ1) is 7.13. The van der Waals surface area contributed by atoms with Crippen LogP contribution < -0.4 is 10.2 Å². The predicted octanol–water partition coefficient (Wildman–Crippen LogP) is 1.69. The fourth-order valence-electron chi connectivity index (χ4n) is 0.909. The molecule has 0 amide bonds. The molecule has 1 aromatic rings. The number of thioether (sulfide) groups is 1. The molecular formula is C9H18N4S2. The van der Waals surface area contributed by atoms with Gasteiger partial charge in [-0.25, -0.2) is 0 Å². The van der Waals surface area contributed by atoms with Crippen LogP contribution >= 0.6 is 23.1 Å². The molecule has 0 saturated heterocycles. The van der Waals surface area contributed by atoms with Crippen LogP contribution in [0, 0.1) is 0 Å². The second kappa shape index (κ2) is 6.30. The topological polar surface area (TPSA) is 41.1 Å². The summed E-state index contributed by atoms with van der Waals surface area (Å²) in [7, 11) is 5.96. The molecule has 6 heteroatoms. The Morgan fingerprint density at radius 2 is 2.20 bits per heavy atom. The van der Waals surface area contributed by atoms with Crippen molar-refractivity contribution < 1.29 is 0 Å². The van der Waals surface area contributed by atoms with Crippen LogP contribution in [0.2, 0.25) is 0 Å². The van der Waals surface area contributed by atoms with E-state index in [9.17, 15) is 0 Å². The maximum absolute atomic E-state index is 4.13. The van der Waals surface area contributed by atoms with Crippen molar-refractivity contribution in [2.45, 2.75) is 23.7 Å². The lowest BCUT2D eigenvalue weighted by atomic mass is 10.3. The van der Waals surface area contributed by atoms with Crippen molar-refractivity contribution in [1.29, 1.82) is 0 Å². The van der Waals surface area contributed by atoms with Crippen LogP contribution in [0.3, 0.4) is 0 Å². The molecule has 86 valence electrons. The van der Waals surface area contributed by atoms with Crippen LogP contribution in [0.25, 0.3) is 0 Å². The van der Waals surface area contributed by atoms with Crippen LogP contribution in [0.15, 0.2) is 4.34 Å². The summed E-state index contributed by atoms with van der Waals surface area (Å²) in [6.45, 7) is 2.19. The van der Waals surface area contributed by atoms with Crippen molar-refractivity contribution in [3.8, 4) is 0 Å². The molecule has 1 unspecified atom stereocenters. The van der Waals surface area contributed by atoms with E-state index in [1.165, 1.54) is 0 Å². The lowest BCUT2D eigenvalue weighted by molar-refractivity contribution is 0.597. The maximum Gasteiger partial charge on any atom is 0.208 e. The third-order valence-electron chi connectivity index (χ3n) is 2.05. The highest BCUT2D eigenvalue weighted by atomic mass is 32.2. The Morgan fingerprint density at radius 1 is 1.47 bits per heavy atom. The van der Waals surface area contributed by atoms with Crippen molar-refractivity contribution in [1.82, 2.24) is 15.5 Å². The average molecular weight is 246 g/mol. The van der Waals surface area contributed by atoms with Crippen molar-refractivity contribution in [3.63, 3.8) is 0 Å². The third kappa shape index (κ3) is 4.36. The van der Waals surface area contributed by atoms with Gasteiger partial charge in [-0.1, -0.05) is 23.1 Å². The highest BCUT2D eigenvalue weighted by Crippen LogP contribution is 2.27. The molecular weight excluding hydrogens is 228 g/mol. The zero-order valence-corrected chi connectivity index (χ0v) is 11.3. The van der Waals surface area contributed by atoms with E-state index in [0.29, 0.717) is 6.04 Å². The van der Waals surface area contributed by atoms with E-state index in [-0.39, 0.29) is 0 Å². The van der Waals surface area contributed by atoms with Crippen LogP contribution in [0.5, 0.6) is 0 Å². The van der Waals surface area contributed by atoms with Crippen molar-refractivity contribution in [3.05, 3.63) is 0 Å². The molecule has 0 aliphatic carbocycles. The first kappa shape index (κ1) is 12.7. The van der Waals surface area contributed by atoms with Crippen molar-refractivity contribution in [2.24, 2.45) is 0 Å². The summed E-state index contributed by atoms with van der Waals surface area (Å²) in [5.41, 5.74) is 0. The molecule has 4 nitrogen and oxygen atoms in total. The Balaban J connectivity index is 2.31. The highest BCUT2D eigenvalue weighted by Gasteiger charge is 2.06. The SMILES string of the molecule is CNC(C)CCSc1nnc(N(C)C)s1.